The molecule has 108 valence electrons. The number of rotatable bonds is 3. The largest absolute Gasteiger partial charge is 0.385 e. The van der Waals surface area contributed by atoms with Gasteiger partial charge in [-0.25, -0.2) is 4.98 Å². The van der Waals surface area contributed by atoms with E-state index < -0.39 is 6.10 Å². The van der Waals surface area contributed by atoms with Gasteiger partial charge < -0.3 is 10.4 Å². The Labute approximate surface area is 120 Å². The van der Waals surface area contributed by atoms with Gasteiger partial charge in [0.15, 0.2) is 0 Å². The van der Waals surface area contributed by atoms with Crippen molar-refractivity contribution in [2.24, 2.45) is 5.92 Å². The molecule has 1 aliphatic heterocycles. The first-order valence-corrected chi connectivity index (χ1v) is 8.17. The summed E-state index contributed by atoms with van der Waals surface area (Å²) in [6, 6.07) is 0.161. The normalized spacial score (nSPS) is 26.4. The molecule has 3 atom stereocenters. The fourth-order valence-corrected chi connectivity index (χ4v) is 3.55. The Kier molecular flexibility index (Phi) is 4.64. The molecule has 0 amide bonds. The van der Waals surface area contributed by atoms with E-state index >= 15 is 0 Å². The van der Waals surface area contributed by atoms with E-state index in [0.717, 1.165) is 29.6 Å². The first kappa shape index (κ1) is 14.9. The number of aromatic nitrogens is 1. The molecule has 0 aliphatic carbocycles. The predicted molar refractivity (Wildman–Crippen MR) is 80.6 cm³/mol. The van der Waals surface area contributed by atoms with Gasteiger partial charge in [0.1, 0.15) is 6.10 Å². The molecule has 0 aromatic carbocycles. The van der Waals surface area contributed by atoms with Crippen molar-refractivity contribution in [3.05, 3.63) is 16.1 Å². The Morgan fingerprint density at radius 1 is 1.53 bits per heavy atom. The zero-order valence-corrected chi connectivity index (χ0v) is 13.3. The third-order valence-electron chi connectivity index (χ3n) is 3.97. The number of nitrogens with zero attached hydrogens (tertiary/aromatic N) is 1. The summed E-state index contributed by atoms with van der Waals surface area (Å²) in [5.41, 5.74) is 0.901. The summed E-state index contributed by atoms with van der Waals surface area (Å²) < 4.78 is 0. The third-order valence-corrected chi connectivity index (χ3v) is 5.26. The molecule has 1 aliphatic rings. The first-order chi connectivity index (χ1) is 8.91. The van der Waals surface area contributed by atoms with E-state index in [9.17, 15) is 5.11 Å². The van der Waals surface area contributed by atoms with Crippen LogP contribution in [0.3, 0.4) is 0 Å². The molecule has 1 saturated heterocycles. The molecule has 1 aromatic rings. The second-order valence-corrected chi connectivity index (χ2v) is 7.49. The molecule has 2 N–H and O–H groups in total. The van der Waals surface area contributed by atoms with E-state index in [4.69, 9.17) is 0 Å². The monoisotopic (exact) mass is 282 g/mol. The van der Waals surface area contributed by atoms with Gasteiger partial charge in [-0.1, -0.05) is 34.1 Å². The molecule has 2 heterocycles. The minimum absolute atomic E-state index is 0.0641. The molecule has 2 rings (SSSR count). The van der Waals surface area contributed by atoms with Gasteiger partial charge in [-0.2, -0.15) is 0 Å². The second kappa shape index (κ2) is 5.90. The Morgan fingerprint density at radius 3 is 2.84 bits per heavy atom. The van der Waals surface area contributed by atoms with Crippen molar-refractivity contribution in [2.75, 3.05) is 6.54 Å². The number of thiazole rings is 1. The quantitative estimate of drug-likeness (QED) is 0.894. The average Bonchev–Trinajstić information content (AvgIpc) is 2.87. The summed E-state index contributed by atoms with van der Waals surface area (Å²) in [5.74, 6) is 0.738. The highest BCUT2D eigenvalue weighted by molar-refractivity contribution is 7.09. The highest BCUT2D eigenvalue weighted by Gasteiger charge is 2.29. The van der Waals surface area contributed by atoms with Gasteiger partial charge >= 0.3 is 0 Å². The highest BCUT2D eigenvalue weighted by Crippen LogP contribution is 2.31. The van der Waals surface area contributed by atoms with Gasteiger partial charge in [-0.05, 0) is 25.3 Å². The second-order valence-electron chi connectivity index (χ2n) is 6.63. The van der Waals surface area contributed by atoms with Gasteiger partial charge in [-0.3, -0.25) is 0 Å². The molecule has 1 aromatic heterocycles. The van der Waals surface area contributed by atoms with E-state index in [2.05, 4.69) is 38.0 Å². The summed E-state index contributed by atoms with van der Waals surface area (Å²) in [7, 11) is 0. The fraction of sp³-hybridized carbons (Fsp3) is 0.800. The molecule has 1 fully saturated rings. The molecule has 0 radical (unpaired) electrons. The van der Waals surface area contributed by atoms with Crippen molar-refractivity contribution in [3.8, 4) is 0 Å². The van der Waals surface area contributed by atoms with Gasteiger partial charge in [0.05, 0.1) is 10.7 Å². The first-order valence-electron chi connectivity index (χ1n) is 7.29. The number of aliphatic hydroxyl groups excluding tert-OH is 1. The number of hydrogen-bond acceptors (Lipinski definition) is 4. The van der Waals surface area contributed by atoms with Crippen molar-refractivity contribution in [3.63, 3.8) is 0 Å². The lowest BCUT2D eigenvalue weighted by Crippen LogP contribution is -2.42. The van der Waals surface area contributed by atoms with E-state index in [1.165, 1.54) is 12.8 Å². The smallest absolute Gasteiger partial charge is 0.112 e. The van der Waals surface area contributed by atoms with E-state index in [1.807, 2.05) is 5.38 Å². The molecule has 0 saturated carbocycles. The van der Waals surface area contributed by atoms with E-state index in [0.29, 0.717) is 0 Å². The zero-order chi connectivity index (χ0) is 14.0. The Balaban J connectivity index is 2.06. The maximum Gasteiger partial charge on any atom is 0.112 e. The van der Waals surface area contributed by atoms with Gasteiger partial charge in [-0.15, -0.1) is 11.3 Å². The van der Waals surface area contributed by atoms with Crippen LogP contribution in [0.1, 0.15) is 63.8 Å². The minimum atomic E-state index is -0.471. The van der Waals surface area contributed by atoms with Crippen LogP contribution in [0.5, 0.6) is 0 Å². The molecule has 4 heteroatoms. The maximum atomic E-state index is 10.5. The van der Waals surface area contributed by atoms with Crippen LogP contribution in [0.25, 0.3) is 0 Å². The minimum Gasteiger partial charge on any atom is -0.385 e. The van der Waals surface area contributed by atoms with E-state index in [1.54, 1.807) is 11.3 Å². The molecular formula is C15H26N2OS. The van der Waals surface area contributed by atoms with Crippen LogP contribution in [0.15, 0.2) is 5.38 Å². The lowest BCUT2D eigenvalue weighted by atomic mass is 9.87. The van der Waals surface area contributed by atoms with Gasteiger partial charge in [0.2, 0.25) is 0 Å². The molecule has 19 heavy (non-hydrogen) atoms. The lowest BCUT2D eigenvalue weighted by Gasteiger charge is -2.32. The van der Waals surface area contributed by atoms with Crippen LogP contribution in [0.4, 0.5) is 0 Å². The van der Waals surface area contributed by atoms with Crippen molar-refractivity contribution in [1.29, 1.82) is 0 Å². The Morgan fingerprint density at radius 2 is 2.26 bits per heavy atom. The van der Waals surface area contributed by atoms with Crippen LogP contribution in [0, 0.1) is 5.92 Å². The summed E-state index contributed by atoms with van der Waals surface area (Å²) >= 11 is 1.66. The SMILES string of the molecule is CCC1CCNC(C(O)c2csc(C(C)(C)C)n2)C1. The predicted octanol–water partition coefficient (Wildman–Crippen LogP) is 3.25. The van der Waals surface area contributed by atoms with Crippen LogP contribution in [-0.4, -0.2) is 22.7 Å². The third kappa shape index (κ3) is 3.56. The molecule has 3 nitrogen and oxygen atoms in total. The van der Waals surface area contributed by atoms with Crippen molar-refractivity contribution in [1.82, 2.24) is 10.3 Å². The van der Waals surface area contributed by atoms with Crippen molar-refractivity contribution < 1.29 is 5.11 Å². The summed E-state index contributed by atoms with van der Waals surface area (Å²) in [6.45, 7) is 9.73. The number of nitrogens with one attached hydrogen (secondary N) is 1. The highest BCUT2D eigenvalue weighted by atomic mass is 32.1. The molecule has 0 spiro atoms. The Bertz CT molecular complexity index is 411. The topological polar surface area (TPSA) is 45.1 Å². The van der Waals surface area contributed by atoms with Crippen molar-refractivity contribution >= 4 is 11.3 Å². The Hall–Kier alpha value is -0.450. The maximum absolute atomic E-state index is 10.5. The van der Waals surface area contributed by atoms with Crippen molar-refractivity contribution in [2.45, 2.75) is 64.5 Å². The van der Waals surface area contributed by atoms with Gasteiger partial charge in [0.25, 0.3) is 0 Å². The summed E-state index contributed by atoms with van der Waals surface area (Å²) in [5, 5.41) is 17.1. The molecule has 3 unspecified atom stereocenters. The van der Waals surface area contributed by atoms with Crippen LogP contribution < -0.4 is 5.32 Å². The lowest BCUT2D eigenvalue weighted by molar-refractivity contribution is 0.0947. The van der Waals surface area contributed by atoms with Gasteiger partial charge in [0, 0.05) is 16.8 Å². The van der Waals surface area contributed by atoms with Crippen LogP contribution >= 0.6 is 11.3 Å². The summed E-state index contributed by atoms with van der Waals surface area (Å²) in [6.07, 6.45) is 3.01. The average molecular weight is 282 g/mol. The van der Waals surface area contributed by atoms with Crippen LogP contribution in [0.2, 0.25) is 0 Å². The number of hydrogen-bond donors (Lipinski definition) is 2. The number of piperidine rings is 1. The zero-order valence-electron chi connectivity index (χ0n) is 12.4. The molecular weight excluding hydrogens is 256 g/mol. The fourth-order valence-electron chi connectivity index (χ4n) is 2.62. The van der Waals surface area contributed by atoms with E-state index in [-0.39, 0.29) is 11.5 Å². The van der Waals surface area contributed by atoms with Crippen LogP contribution in [-0.2, 0) is 5.41 Å². The number of aliphatic hydroxyl groups is 1. The standard InChI is InChI=1S/C15H26N2OS/c1-5-10-6-7-16-11(8-10)13(18)12-9-19-14(17-12)15(2,3)4/h9-11,13,16,18H,5-8H2,1-4H3. The summed E-state index contributed by atoms with van der Waals surface area (Å²) in [4.78, 5) is 4.64. The molecule has 0 bridgehead atoms.